The molecule has 0 saturated heterocycles. The van der Waals surface area contributed by atoms with Crippen LogP contribution < -0.4 is 0 Å². The van der Waals surface area contributed by atoms with E-state index in [0.29, 0.717) is 23.2 Å². The van der Waals surface area contributed by atoms with Crippen LogP contribution in [0.1, 0.15) is 0 Å². The van der Waals surface area contributed by atoms with E-state index >= 15 is 0 Å². The lowest BCUT2D eigenvalue weighted by atomic mass is 9.94. The average molecular weight is 590 g/mol. The summed E-state index contributed by atoms with van der Waals surface area (Å²) in [5.74, 6) is 1.57. The van der Waals surface area contributed by atoms with Crippen LogP contribution >= 0.6 is 0 Å². The predicted octanol–water partition coefficient (Wildman–Crippen LogP) is 8.73. The molecule has 0 saturated carbocycles. The van der Waals surface area contributed by atoms with Gasteiger partial charge in [-0.05, 0) is 46.5 Å². The van der Waals surface area contributed by atoms with Crippen LogP contribution in [0.25, 0.3) is 88.8 Å². The Morgan fingerprint density at radius 2 is 0.978 bits per heavy atom. The van der Waals surface area contributed by atoms with E-state index in [1.165, 1.54) is 16.2 Å². The van der Waals surface area contributed by atoms with Crippen molar-refractivity contribution < 1.29 is 0 Å². The number of nitrogens with zero attached hydrogens (tertiary/aromatic N) is 7. The van der Waals surface area contributed by atoms with E-state index < -0.39 is 0 Å². The van der Waals surface area contributed by atoms with Crippen molar-refractivity contribution in [3.63, 3.8) is 0 Å². The molecule has 0 unspecified atom stereocenters. The highest BCUT2D eigenvalue weighted by Gasteiger charge is 2.20. The number of fused-ring (bicyclic) bond motifs is 6. The summed E-state index contributed by atoms with van der Waals surface area (Å²) in [6, 6.07) is 37.1. The van der Waals surface area contributed by atoms with Crippen LogP contribution in [-0.4, -0.2) is 34.9 Å². The van der Waals surface area contributed by atoms with Crippen LogP contribution in [0.15, 0.2) is 140 Å². The van der Waals surface area contributed by atoms with Gasteiger partial charge in [0.2, 0.25) is 0 Å². The van der Waals surface area contributed by atoms with Crippen molar-refractivity contribution in [2.45, 2.75) is 0 Å². The largest absolute Gasteiger partial charge is 0.265 e. The smallest absolute Gasteiger partial charge is 0.183 e. The average Bonchev–Trinajstić information content (AvgIpc) is 3.14. The van der Waals surface area contributed by atoms with Gasteiger partial charge in [-0.15, -0.1) is 0 Å². The van der Waals surface area contributed by atoms with E-state index in [-0.39, 0.29) is 0 Å². The third kappa shape index (κ3) is 4.25. The van der Waals surface area contributed by atoms with Gasteiger partial charge in [-0.3, -0.25) is 15.0 Å². The fourth-order valence-corrected chi connectivity index (χ4v) is 6.23. The van der Waals surface area contributed by atoms with Gasteiger partial charge >= 0.3 is 0 Å². The lowest BCUT2D eigenvalue weighted by molar-refractivity contribution is 1.06. The number of rotatable bonds is 4. The minimum atomic E-state index is 0.485. The Morgan fingerprint density at radius 1 is 0.391 bits per heavy atom. The lowest BCUT2D eigenvalue weighted by Crippen LogP contribution is -2.02. The maximum absolute atomic E-state index is 5.25. The highest BCUT2D eigenvalue weighted by Crippen LogP contribution is 2.40. The Labute approximate surface area is 263 Å². The fourth-order valence-electron chi connectivity index (χ4n) is 6.23. The Bertz CT molecular complexity index is 2510. The molecule has 0 spiro atoms. The summed E-state index contributed by atoms with van der Waals surface area (Å²) in [5.41, 5.74) is 5.13. The topological polar surface area (TPSA) is 90.2 Å². The molecule has 214 valence electrons. The van der Waals surface area contributed by atoms with Gasteiger partial charge in [0.1, 0.15) is 5.69 Å². The van der Waals surface area contributed by atoms with Gasteiger partial charge in [0.15, 0.2) is 17.5 Å². The zero-order chi connectivity index (χ0) is 30.5. The first kappa shape index (κ1) is 26.0. The first-order valence-corrected chi connectivity index (χ1v) is 15.0. The standard InChI is InChI=1S/C39H23N7/c1-2-8-27-24(7-1)13-14-31-34(27)30-11-5-6-12-33(30)43-35(31)32-23-42-36(29-10-4-3-9-28(29)32)39-45-37(25-15-19-40-20-16-25)44-38(46-39)26-17-21-41-22-18-26/h1-23H. The molecule has 0 amide bonds. The highest BCUT2D eigenvalue weighted by atomic mass is 15.0. The third-order valence-electron chi connectivity index (χ3n) is 8.36. The molecule has 0 aliphatic carbocycles. The van der Waals surface area contributed by atoms with Gasteiger partial charge in [-0.2, -0.15) is 0 Å². The number of aromatic nitrogens is 7. The molecular formula is C39H23N7. The lowest BCUT2D eigenvalue weighted by Gasteiger charge is -2.15. The van der Waals surface area contributed by atoms with E-state index in [2.05, 4.69) is 76.7 Å². The second-order valence-electron chi connectivity index (χ2n) is 11.0. The summed E-state index contributed by atoms with van der Waals surface area (Å²) in [6.07, 6.45) is 8.84. The van der Waals surface area contributed by atoms with Gasteiger partial charge in [0.05, 0.1) is 11.2 Å². The van der Waals surface area contributed by atoms with Gasteiger partial charge in [-0.1, -0.05) is 78.9 Å². The summed E-state index contributed by atoms with van der Waals surface area (Å²) >= 11 is 0. The molecule has 9 rings (SSSR count). The van der Waals surface area contributed by atoms with Crippen LogP contribution in [0.5, 0.6) is 0 Å². The van der Waals surface area contributed by atoms with Crippen molar-refractivity contribution in [1.82, 2.24) is 34.9 Å². The SMILES string of the molecule is c1ccc2c(c1)ccc1c(-c3cnc(-c4nc(-c5ccncc5)nc(-c5ccncc5)n4)c4ccccc34)nc3ccccc3c12. The molecule has 0 radical (unpaired) electrons. The van der Waals surface area contributed by atoms with Crippen molar-refractivity contribution in [2.24, 2.45) is 0 Å². The fraction of sp³-hybridized carbons (Fsp3) is 0. The van der Waals surface area contributed by atoms with Crippen molar-refractivity contribution in [3.8, 4) is 45.6 Å². The maximum atomic E-state index is 5.25. The Hall–Kier alpha value is -6.47. The van der Waals surface area contributed by atoms with Gasteiger partial charge in [0, 0.05) is 69.2 Å². The maximum Gasteiger partial charge on any atom is 0.183 e. The van der Waals surface area contributed by atoms with Crippen LogP contribution in [0.4, 0.5) is 0 Å². The quantitative estimate of drug-likeness (QED) is 0.190. The first-order chi connectivity index (χ1) is 22.8. The Morgan fingerprint density at radius 3 is 1.70 bits per heavy atom. The number of benzene rings is 4. The number of pyridine rings is 4. The second kappa shape index (κ2) is 10.6. The van der Waals surface area contributed by atoms with Gasteiger partial charge < -0.3 is 0 Å². The van der Waals surface area contributed by atoms with Crippen molar-refractivity contribution >= 4 is 43.2 Å². The first-order valence-electron chi connectivity index (χ1n) is 15.0. The zero-order valence-corrected chi connectivity index (χ0v) is 24.4. The minimum Gasteiger partial charge on any atom is -0.265 e. The van der Waals surface area contributed by atoms with Crippen LogP contribution in [0.2, 0.25) is 0 Å². The van der Waals surface area contributed by atoms with Crippen LogP contribution in [0, 0.1) is 0 Å². The molecule has 7 nitrogen and oxygen atoms in total. The van der Waals surface area contributed by atoms with E-state index in [1.807, 2.05) is 48.7 Å². The van der Waals surface area contributed by atoms with E-state index in [1.54, 1.807) is 24.8 Å². The molecule has 0 aliphatic heterocycles. The Balaban J connectivity index is 1.31. The van der Waals surface area contributed by atoms with E-state index in [9.17, 15) is 0 Å². The molecule has 46 heavy (non-hydrogen) atoms. The second-order valence-corrected chi connectivity index (χ2v) is 11.0. The number of hydrogen-bond acceptors (Lipinski definition) is 7. The molecule has 0 atom stereocenters. The molecule has 0 aliphatic rings. The van der Waals surface area contributed by atoms with Crippen molar-refractivity contribution in [3.05, 3.63) is 140 Å². The molecule has 4 aromatic carbocycles. The van der Waals surface area contributed by atoms with Crippen LogP contribution in [-0.2, 0) is 0 Å². The van der Waals surface area contributed by atoms with Gasteiger partial charge in [-0.25, -0.2) is 19.9 Å². The molecule has 5 heterocycles. The molecule has 5 aromatic heterocycles. The third-order valence-corrected chi connectivity index (χ3v) is 8.36. The van der Waals surface area contributed by atoms with Crippen molar-refractivity contribution in [2.75, 3.05) is 0 Å². The van der Waals surface area contributed by atoms with Crippen molar-refractivity contribution in [1.29, 1.82) is 0 Å². The Kier molecular flexibility index (Phi) is 5.99. The molecule has 7 heteroatoms. The molecule has 9 aromatic rings. The molecule has 0 bridgehead atoms. The highest BCUT2D eigenvalue weighted by molar-refractivity contribution is 6.23. The zero-order valence-electron chi connectivity index (χ0n) is 24.4. The minimum absolute atomic E-state index is 0.485. The van der Waals surface area contributed by atoms with E-state index in [4.69, 9.17) is 24.9 Å². The summed E-state index contributed by atoms with van der Waals surface area (Å²) < 4.78 is 0. The molecule has 0 N–H and O–H groups in total. The summed E-state index contributed by atoms with van der Waals surface area (Å²) in [5, 5.41) is 7.74. The number of para-hydroxylation sites is 1. The van der Waals surface area contributed by atoms with E-state index in [0.717, 1.165) is 49.4 Å². The van der Waals surface area contributed by atoms with Crippen LogP contribution in [0.3, 0.4) is 0 Å². The molecule has 0 fully saturated rings. The summed E-state index contributed by atoms with van der Waals surface area (Å²) in [6.45, 7) is 0. The summed E-state index contributed by atoms with van der Waals surface area (Å²) in [7, 11) is 0. The summed E-state index contributed by atoms with van der Waals surface area (Å²) in [4.78, 5) is 33.3. The monoisotopic (exact) mass is 589 g/mol. The van der Waals surface area contributed by atoms with Gasteiger partial charge in [0.25, 0.3) is 0 Å². The number of hydrogen-bond donors (Lipinski definition) is 0. The predicted molar refractivity (Wildman–Crippen MR) is 183 cm³/mol. The normalized spacial score (nSPS) is 11.5. The molecular weight excluding hydrogens is 566 g/mol.